The summed E-state index contributed by atoms with van der Waals surface area (Å²) in [5.74, 6) is 1.60. The van der Waals surface area contributed by atoms with Crippen LogP contribution in [-0.2, 0) is 12.8 Å². The summed E-state index contributed by atoms with van der Waals surface area (Å²) in [5, 5.41) is 7.94. The van der Waals surface area contributed by atoms with Crippen LogP contribution in [0.3, 0.4) is 0 Å². The van der Waals surface area contributed by atoms with E-state index in [-0.39, 0.29) is 0 Å². The average Bonchev–Trinajstić information content (AvgIpc) is 3.14. The van der Waals surface area contributed by atoms with Crippen LogP contribution in [0.2, 0.25) is 0 Å². The first-order valence-corrected chi connectivity index (χ1v) is 8.82. The van der Waals surface area contributed by atoms with E-state index in [0.29, 0.717) is 5.78 Å². The molecule has 0 bridgehead atoms. The van der Waals surface area contributed by atoms with Crippen LogP contribution in [0.5, 0.6) is 0 Å². The molecule has 0 spiro atoms. The number of aryl methyl sites for hydroxylation is 1. The van der Waals surface area contributed by atoms with E-state index < -0.39 is 0 Å². The van der Waals surface area contributed by atoms with E-state index in [0.717, 1.165) is 36.5 Å². The second-order valence-electron chi connectivity index (χ2n) is 6.32. The maximum atomic E-state index is 4.61. The minimum Gasteiger partial charge on any atom is -0.369 e. The van der Waals surface area contributed by atoms with Crippen molar-refractivity contribution in [2.24, 2.45) is 0 Å². The van der Waals surface area contributed by atoms with Gasteiger partial charge >= 0.3 is 0 Å². The fraction of sp³-hybridized carbons (Fsp3) is 0.190. The zero-order valence-corrected chi connectivity index (χ0v) is 14.8. The van der Waals surface area contributed by atoms with E-state index >= 15 is 0 Å². The SMILES string of the molecule is Cc1nc2ncnn2c(NCCc2ccccc2)c1Cc1ccccc1. The third-order valence-electron chi connectivity index (χ3n) is 4.50. The number of anilines is 1. The number of benzene rings is 2. The minimum atomic E-state index is 0.626. The van der Waals surface area contributed by atoms with Crippen LogP contribution >= 0.6 is 0 Å². The van der Waals surface area contributed by atoms with Crippen molar-refractivity contribution in [1.29, 1.82) is 0 Å². The molecule has 26 heavy (non-hydrogen) atoms. The predicted molar refractivity (Wildman–Crippen MR) is 103 cm³/mol. The van der Waals surface area contributed by atoms with Crippen molar-refractivity contribution in [2.75, 3.05) is 11.9 Å². The molecule has 0 radical (unpaired) electrons. The predicted octanol–water partition coefficient (Wildman–Crippen LogP) is 3.68. The zero-order valence-electron chi connectivity index (χ0n) is 14.8. The Labute approximate surface area is 152 Å². The van der Waals surface area contributed by atoms with Crippen molar-refractivity contribution < 1.29 is 0 Å². The molecule has 0 aliphatic carbocycles. The molecule has 5 heteroatoms. The smallest absolute Gasteiger partial charge is 0.254 e. The van der Waals surface area contributed by atoms with Crippen LogP contribution in [0.25, 0.3) is 5.78 Å². The lowest BCUT2D eigenvalue weighted by Crippen LogP contribution is -2.14. The van der Waals surface area contributed by atoms with Gasteiger partial charge in [-0.25, -0.2) is 4.98 Å². The molecule has 0 saturated carbocycles. The summed E-state index contributed by atoms with van der Waals surface area (Å²) in [6.45, 7) is 2.86. The Balaban J connectivity index is 1.64. The number of nitrogens with zero attached hydrogens (tertiary/aromatic N) is 4. The molecule has 0 fully saturated rings. The highest BCUT2D eigenvalue weighted by molar-refractivity contribution is 5.54. The molecule has 0 aliphatic heterocycles. The minimum absolute atomic E-state index is 0.626. The largest absolute Gasteiger partial charge is 0.369 e. The Morgan fingerprint density at radius 1 is 0.923 bits per heavy atom. The highest BCUT2D eigenvalue weighted by Crippen LogP contribution is 2.22. The van der Waals surface area contributed by atoms with E-state index in [4.69, 9.17) is 0 Å². The molecule has 2 aromatic heterocycles. The molecule has 4 rings (SSSR count). The standard InChI is InChI=1S/C21H21N5/c1-16-19(14-18-10-6-3-7-11-18)20(26-21(25-16)23-15-24-26)22-13-12-17-8-4-2-5-9-17/h2-11,15,22H,12-14H2,1H3. The Bertz CT molecular complexity index is 993. The summed E-state index contributed by atoms with van der Waals surface area (Å²) >= 11 is 0. The Hall–Kier alpha value is -3.21. The number of nitrogens with one attached hydrogen (secondary N) is 1. The summed E-state index contributed by atoms with van der Waals surface area (Å²) in [6, 6.07) is 20.9. The van der Waals surface area contributed by atoms with Crippen LogP contribution < -0.4 is 5.32 Å². The summed E-state index contributed by atoms with van der Waals surface area (Å²) in [4.78, 5) is 8.86. The van der Waals surface area contributed by atoms with Crippen LogP contribution in [0.15, 0.2) is 67.0 Å². The molecule has 0 atom stereocenters. The summed E-state index contributed by atoms with van der Waals surface area (Å²) in [5.41, 5.74) is 4.70. The van der Waals surface area contributed by atoms with Crippen molar-refractivity contribution in [3.8, 4) is 0 Å². The fourth-order valence-electron chi connectivity index (χ4n) is 3.15. The van der Waals surface area contributed by atoms with Crippen molar-refractivity contribution in [2.45, 2.75) is 19.8 Å². The van der Waals surface area contributed by atoms with E-state index in [1.54, 1.807) is 10.8 Å². The number of rotatable bonds is 6. The number of hydrogen-bond acceptors (Lipinski definition) is 4. The number of aromatic nitrogens is 4. The molecule has 5 nitrogen and oxygen atoms in total. The van der Waals surface area contributed by atoms with Gasteiger partial charge < -0.3 is 5.32 Å². The van der Waals surface area contributed by atoms with Gasteiger partial charge in [-0.3, -0.25) is 0 Å². The number of hydrogen-bond donors (Lipinski definition) is 1. The molecule has 130 valence electrons. The van der Waals surface area contributed by atoms with Gasteiger partial charge in [-0.15, -0.1) is 0 Å². The Kier molecular flexibility index (Phi) is 4.60. The van der Waals surface area contributed by atoms with Gasteiger partial charge in [-0.2, -0.15) is 14.6 Å². The first kappa shape index (κ1) is 16.3. The van der Waals surface area contributed by atoms with Crippen LogP contribution in [0, 0.1) is 6.92 Å². The first-order valence-electron chi connectivity index (χ1n) is 8.82. The lowest BCUT2D eigenvalue weighted by atomic mass is 10.0. The van der Waals surface area contributed by atoms with Crippen LogP contribution in [0.1, 0.15) is 22.4 Å². The van der Waals surface area contributed by atoms with Gasteiger partial charge in [-0.1, -0.05) is 60.7 Å². The molecule has 2 heterocycles. The number of fused-ring (bicyclic) bond motifs is 1. The average molecular weight is 343 g/mol. The zero-order chi connectivity index (χ0) is 17.8. The van der Waals surface area contributed by atoms with E-state index in [9.17, 15) is 0 Å². The molecule has 1 N–H and O–H groups in total. The van der Waals surface area contributed by atoms with Gasteiger partial charge in [0.2, 0.25) is 0 Å². The van der Waals surface area contributed by atoms with Gasteiger partial charge in [0.25, 0.3) is 5.78 Å². The maximum absolute atomic E-state index is 4.61. The highest BCUT2D eigenvalue weighted by Gasteiger charge is 2.14. The van der Waals surface area contributed by atoms with Crippen molar-refractivity contribution in [3.63, 3.8) is 0 Å². The molecule has 2 aromatic carbocycles. The summed E-state index contributed by atoms with van der Waals surface area (Å²) in [7, 11) is 0. The van der Waals surface area contributed by atoms with Gasteiger partial charge in [-0.05, 0) is 24.5 Å². The quantitative estimate of drug-likeness (QED) is 0.580. The van der Waals surface area contributed by atoms with Gasteiger partial charge in [0.1, 0.15) is 12.1 Å². The summed E-state index contributed by atoms with van der Waals surface area (Å²) < 4.78 is 1.80. The lowest BCUT2D eigenvalue weighted by molar-refractivity contribution is 0.883. The first-order chi connectivity index (χ1) is 12.8. The third-order valence-corrected chi connectivity index (χ3v) is 4.50. The molecular weight excluding hydrogens is 322 g/mol. The molecule has 0 amide bonds. The maximum Gasteiger partial charge on any atom is 0.254 e. The monoisotopic (exact) mass is 343 g/mol. The van der Waals surface area contributed by atoms with E-state index in [1.165, 1.54) is 11.1 Å². The van der Waals surface area contributed by atoms with Gasteiger partial charge in [0.15, 0.2) is 0 Å². The van der Waals surface area contributed by atoms with Crippen molar-refractivity contribution in [1.82, 2.24) is 19.6 Å². The van der Waals surface area contributed by atoms with Crippen molar-refractivity contribution >= 4 is 11.6 Å². The van der Waals surface area contributed by atoms with Gasteiger partial charge in [0, 0.05) is 24.2 Å². The topological polar surface area (TPSA) is 55.1 Å². The van der Waals surface area contributed by atoms with Crippen LogP contribution in [-0.4, -0.2) is 26.1 Å². The lowest BCUT2D eigenvalue weighted by Gasteiger charge is -2.15. The van der Waals surface area contributed by atoms with E-state index in [1.807, 2.05) is 19.1 Å². The fourth-order valence-corrected chi connectivity index (χ4v) is 3.15. The van der Waals surface area contributed by atoms with Gasteiger partial charge in [0.05, 0.1) is 0 Å². The molecule has 4 aromatic rings. The molecular formula is C21H21N5. The highest BCUT2D eigenvalue weighted by atomic mass is 15.4. The van der Waals surface area contributed by atoms with Crippen molar-refractivity contribution in [3.05, 3.63) is 89.4 Å². The summed E-state index contributed by atoms with van der Waals surface area (Å²) in [6.07, 6.45) is 3.31. The molecule has 0 unspecified atom stereocenters. The van der Waals surface area contributed by atoms with Crippen LogP contribution in [0.4, 0.5) is 5.82 Å². The molecule has 0 aliphatic rings. The Morgan fingerprint density at radius 2 is 1.62 bits per heavy atom. The Morgan fingerprint density at radius 3 is 2.35 bits per heavy atom. The second kappa shape index (κ2) is 7.35. The normalized spacial score (nSPS) is 11.0. The molecule has 0 saturated heterocycles. The third kappa shape index (κ3) is 3.42. The van der Waals surface area contributed by atoms with E-state index in [2.05, 4.69) is 68.9 Å². The second-order valence-corrected chi connectivity index (χ2v) is 6.32.